The average Bonchev–Trinajstić information content (AvgIpc) is 2.62. The van der Waals surface area contributed by atoms with Crippen LogP contribution in [0.1, 0.15) is 25.3 Å². The summed E-state index contributed by atoms with van der Waals surface area (Å²) in [5, 5.41) is 4.13. The van der Waals surface area contributed by atoms with Gasteiger partial charge in [0.15, 0.2) is 0 Å². The van der Waals surface area contributed by atoms with Gasteiger partial charge >= 0.3 is 0 Å². The van der Waals surface area contributed by atoms with Crippen LogP contribution in [-0.2, 0) is 18.2 Å². The third-order valence-corrected chi connectivity index (χ3v) is 2.81. The lowest BCUT2D eigenvalue weighted by Crippen LogP contribution is -2.44. The number of hydrogen-bond acceptors (Lipinski definition) is 3. The Morgan fingerprint density at radius 3 is 2.80 bits per heavy atom. The van der Waals surface area contributed by atoms with E-state index in [0.717, 1.165) is 19.3 Å². The summed E-state index contributed by atoms with van der Waals surface area (Å²) < 4.78 is 6.96. The Bertz CT molecular complexity index is 298. The van der Waals surface area contributed by atoms with Crippen LogP contribution < -0.4 is 5.73 Å². The Labute approximate surface area is 91.4 Å². The van der Waals surface area contributed by atoms with Crippen molar-refractivity contribution in [2.75, 3.05) is 13.7 Å². The van der Waals surface area contributed by atoms with Crippen LogP contribution in [0, 0.1) is 0 Å². The maximum Gasteiger partial charge on any atom is 0.0642 e. The van der Waals surface area contributed by atoms with Crippen LogP contribution >= 0.6 is 0 Å². The van der Waals surface area contributed by atoms with E-state index in [2.05, 4.69) is 12.0 Å². The van der Waals surface area contributed by atoms with Gasteiger partial charge in [0.1, 0.15) is 0 Å². The molecule has 0 radical (unpaired) electrons. The molecule has 0 aliphatic carbocycles. The summed E-state index contributed by atoms with van der Waals surface area (Å²) in [6.45, 7) is 2.71. The van der Waals surface area contributed by atoms with Gasteiger partial charge in [-0.3, -0.25) is 4.68 Å². The fraction of sp³-hybridized carbons (Fsp3) is 0.727. The first-order chi connectivity index (χ1) is 7.09. The van der Waals surface area contributed by atoms with Gasteiger partial charge in [-0.05, 0) is 24.8 Å². The van der Waals surface area contributed by atoms with E-state index in [1.54, 1.807) is 7.11 Å². The molecule has 1 rings (SSSR count). The Morgan fingerprint density at radius 1 is 1.60 bits per heavy atom. The van der Waals surface area contributed by atoms with E-state index in [0.29, 0.717) is 6.61 Å². The normalized spacial score (nSPS) is 15.2. The second-order valence-corrected chi connectivity index (χ2v) is 4.17. The molecule has 0 spiro atoms. The number of nitrogens with zero attached hydrogens (tertiary/aromatic N) is 2. The van der Waals surface area contributed by atoms with Gasteiger partial charge in [0, 0.05) is 25.9 Å². The lowest BCUT2D eigenvalue weighted by molar-refractivity contribution is 0.124. The second-order valence-electron chi connectivity index (χ2n) is 4.17. The monoisotopic (exact) mass is 211 g/mol. The second kappa shape index (κ2) is 5.28. The van der Waals surface area contributed by atoms with Gasteiger partial charge in [-0.25, -0.2) is 0 Å². The van der Waals surface area contributed by atoms with Crippen LogP contribution in [0.4, 0.5) is 0 Å². The molecular weight excluding hydrogens is 190 g/mol. The van der Waals surface area contributed by atoms with Crippen molar-refractivity contribution in [1.82, 2.24) is 9.78 Å². The average molecular weight is 211 g/mol. The van der Waals surface area contributed by atoms with Crippen molar-refractivity contribution in [1.29, 1.82) is 0 Å². The smallest absolute Gasteiger partial charge is 0.0642 e. The molecule has 1 aromatic rings. The highest BCUT2D eigenvalue weighted by Gasteiger charge is 2.22. The van der Waals surface area contributed by atoms with Gasteiger partial charge in [0.2, 0.25) is 0 Å². The summed E-state index contributed by atoms with van der Waals surface area (Å²) >= 11 is 0. The molecule has 0 aromatic carbocycles. The Hall–Kier alpha value is -0.870. The maximum absolute atomic E-state index is 6.21. The van der Waals surface area contributed by atoms with E-state index >= 15 is 0 Å². The molecule has 86 valence electrons. The molecule has 0 aliphatic heterocycles. The first kappa shape index (κ1) is 12.2. The molecule has 0 bridgehead atoms. The zero-order chi connectivity index (χ0) is 11.3. The largest absolute Gasteiger partial charge is 0.383 e. The summed E-state index contributed by atoms with van der Waals surface area (Å²) in [4.78, 5) is 0. The van der Waals surface area contributed by atoms with Crippen LogP contribution in [0.5, 0.6) is 0 Å². The van der Waals surface area contributed by atoms with Gasteiger partial charge in [-0.2, -0.15) is 5.10 Å². The summed E-state index contributed by atoms with van der Waals surface area (Å²) in [6, 6.07) is 0. The molecular formula is C11H21N3O. The molecule has 4 nitrogen and oxygen atoms in total. The van der Waals surface area contributed by atoms with E-state index in [4.69, 9.17) is 10.5 Å². The van der Waals surface area contributed by atoms with E-state index in [1.807, 2.05) is 24.1 Å². The first-order valence-electron chi connectivity index (χ1n) is 5.35. The maximum atomic E-state index is 6.21. The van der Waals surface area contributed by atoms with Crippen molar-refractivity contribution < 1.29 is 4.74 Å². The lowest BCUT2D eigenvalue weighted by atomic mass is 9.91. The summed E-state index contributed by atoms with van der Waals surface area (Å²) in [5.41, 5.74) is 7.24. The lowest BCUT2D eigenvalue weighted by Gasteiger charge is -2.26. The number of nitrogens with two attached hydrogens (primary N) is 1. The zero-order valence-corrected chi connectivity index (χ0v) is 9.86. The number of aromatic nitrogens is 2. The first-order valence-corrected chi connectivity index (χ1v) is 5.35. The van der Waals surface area contributed by atoms with Gasteiger partial charge in [0.25, 0.3) is 0 Å². The van der Waals surface area contributed by atoms with E-state index in [1.165, 1.54) is 5.56 Å². The summed E-state index contributed by atoms with van der Waals surface area (Å²) in [6.07, 6.45) is 6.75. The van der Waals surface area contributed by atoms with Crippen molar-refractivity contribution in [3.05, 3.63) is 18.0 Å². The molecule has 0 amide bonds. The number of ether oxygens (including phenoxy) is 1. The summed E-state index contributed by atoms with van der Waals surface area (Å²) in [5.74, 6) is 0. The minimum absolute atomic E-state index is 0.204. The van der Waals surface area contributed by atoms with Crippen LogP contribution in [-0.4, -0.2) is 29.0 Å². The molecule has 4 heteroatoms. The highest BCUT2D eigenvalue weighted by Crippen LogP contribution is 2.15. The molecule has 1 unspecified atom stereocenters. The molecule has 1 heterocycles. The standard InChI is InChI=1S/C11H21N3O/c1-4-11(12,9-15-3)6-5-10-7-13-14(2)8-10/h7-8H,4-6,9,12H2,1-3H3. The fourth-order valence-electron chi connectivity index (χ4n) is 1.63. The van der Waals surface area contributed by atoms with Crippen LogP contribution in [0.25, 0.3) is 0 Å². The molecule has 0 saturated carbocycles. The predicted molar refractivity (Wildman–Crippen MR) is 60.6 cm³/mol. The predicted octanol–water partition coefficient (Wildman–Crippen LogP) is 1.11. The molecule has 0 fully saturated rings. The minimum atomic E-state index is -0.204. The van der Waals surface area contributed by atoms with Crippen molar-refractivity contribution in [2.45, 2.75) is 31.7 Å². The van der Waals surface area contributed by atoms with Gasteiger partial charge in [0.05, 0.1) is 12.8 Å². The van der Waals surface area contributed by atoms with Crippen molar-refractivity contribution in [3.63, 3.8) is 0 Å². The van der Waals surface area contributed by atoms with Crippen LogP contribution in [0.2, 0.25) is 0 Å². The molecule has 1 atom stereocenters. The highest BCUT2D eigenvalue weighted by atomic mass is 16.5. The van der Waals surface area contributed by atoms with E-state index in [-0.39, 0.29) is 5.54 Å². The number of rotatable bonds is 6. The van der Waals surface area contributed by atoms with Crippen LogP contribution in [0.15, 0.2) is 12.4 Å². The molecule has 0 aliphatic rings. The SMILES string of the molecule is CCC(N)(CCc1cnn(C)c1)COC. The fourth-order valence-corrected chi connectivity index (χ4v) is 1.63. The van der Waals surface area contributed by atoms with Crippen LogP contribution in [0.3, 0.4) is 0 Å². The third kappa shape index (κ3) is 3.64. The summed E-state index contributed by atoms with van der Waals surface area (Å²) in [7, 11) is 3.62. The third-order valence-electron chi connectivity index (χ3n) is 2.81. The quantitative estimate of drug-likeness (QED) is 0.766. The number of hydrogen-bond donors (Lipinski definition) is 1. The molecule has 1 aromatic heterocycles. The Balaban J connectivity index is 2.47. The van der Waals surface area contributed by atoms with Gasteiger partial charge in [-0.15, -0.1) is 0 Å². The van der Waals surface area contributed by atoms with Gasteiger partial charge in [-0.1, -0.05) is 6.92 Å². The molecule has 15 heavy (non-hydrogen) atoms. The minimum Gasteiger partial charge on any atom is -0.383 e. The molecule has 0 saturated heterocycles. The number of methoxy groups -OCH3 is 1. The topological polar surface area (TPSA) is 53.1 Å². The van der Waals surface area contributed by atoms with Gasteiger partial charge < -0.3 is 10.5 Å². The van der Waals surface area contributed by atoms with Crippen molar-refractivity contribution in [2.24, 2.45) is 12.8 Å². The van der Waals surface area contributed by atoms with E-state index in [9.17, 15) is 0 Å². The Morgan fingerprint density at radius 2 is 2.33 bits per heavy atom. The van der Waals surface area contributed by atoms with Crippen molar-refractivity contribution >= 4 is 0 Å². The number of aryl methyl sites for hydroxylation is 2. The van der Waals surface area contributed by atoms with Crippen molar-refractivity contribution in [3.8, 4) is 0 Å². The highest BCUT2D eigenvalue weighted by molar-refractivity contribution is 5.05. The zero-order valence-electron chi connectivity index (χ0n) is 9.86. The molecule has 2 N–H and O–H groups in total. The Kier molecular flexibility index (Phi) is 4.29. The van der Waals surface area contributed by atoms with E-state index < -0.39 is 0 Å².